The molecule has 3 heteroatoms. The second kappa shape index (κ2) is 7.35. The summed E-state index contributed by atoms with van der Waals surface area (Å²) in [5.74, 6) is 1.22. The Morgan fingerprint density at radius 1 is 1.26 bits per heavy atom. The molecule has 0 aliphatic heterocycles. The Bertz CT molecular complexity index is 785. The molecule has 2 nitrogen and oxygen atoms in total. The van der Waals surface area contributed by atoms with E-state index in [1.54, 1.807) is 13.2 Å². The van der Waals surface area contributed by atoms with Crippen LogP contribution < -0.4 is 4.74 Å². The highest BCUT2D eigenvalue weighted by Gasteiger charge is 2.12. The van der Waals surface area contributed by atoms with Gasteiger partial charge in [0, 0.05) is 10.6 Å². The lowest BCUT2D eigenvalue weighted by Gasteiger charge is -2.15. The minimum absolute atomic E-state index is 0.337. The van der Waals surface area contributed by atoms with Crippen LogP contribution in [-0.4, -0.2) is 7.11 Å². The number of nitriles is 1. The quantitative estimate of drug-likeness (QED) is 0.522. The number of aryl methyl sites for hydroxylation is 1. The fraction of sp³-hybridized carbons (Fsp3) is 0.250. The summed E-state index contributed by atoms with van der Waals surface area (Å²) >= 11 is 6.22. The minimum atomic E-state index is 0.337. The lowest BCUT2D eigenvalue weighted by molar-refractivity contribution is 0.407. The van der Waals surface area contributed by atoms with Gasteiger partial charge in [-0.25, -0.2) is 0 Å². The highest BCUT2D eigenvalue weighted by Crippen LogP contribution is 2.32. The number of allylic oxidation sites excluding steroid dienone is 1. The summed E-state index contributed by atoms with van der Waals surface area (Å²) in [5.41, 5.74) is 4.49. The summed E-state index contributed by atoms with van der Waals surface area (Å²) in [5, 5.41) is 10.1. The highest BCUT2D eigenvalue weighted by molar-refractivity contribution is 6.32. The van der Waals surface area contributed by atoms with Crippen molar-refractivity contribution in [3.63, 3.8) is 0 Å². The second-order valence-corrected chi connectivity index (χ2v) is 6.16. The summed E-state index contributed by atoms with van der Waals surface area (Å²) in [6.45, 7) is 6.26. The zero-order valence-corrected chi connectivity index (χ0v) is 14.6. The van der Waals surface area contributed by atoms with Crippen LogP contribution in [-0.2, 0) is 0 Å². The smallest absolute Gasteiger partial charge is 0.122 e. The van der Waals surface area contributed by atoms with Crippen molar-refractivity contribution in [2.45, 2.75) is 26.7 Å². The maximum absolute atomic E-state index is 9.53. The average Bonchev–Trinajstić information content (AvgIpc) is 2.54. The number of rotatable bonds is 4. The zero-order chi connectivity index (χ0) is 17.0. The summed E-state index contributed by atoms with van der Waals surface area (Å²) < 4.78 is 5.47. The topological polar surface area (TPSA) is 33.0 Å². The van der Waals surface area contributed by atoms with E-state index in [4.69, 9.17) is 16.3 Å². The third-order valence-corrected chi connectivity index (χ3v) is 4.15. The zero-order valence-electron chi connectivity index (χ0n) is 13.9. The van der Waals surface area contributed by atoms with Gasteiger partial charge in [0.25, 0.3) is 0 Å². The molecule has 0 saturated heterocycles. The third-order valence-electron chi connectivity index (χ3n) is 3.82. The van der Waals surface area contributed by atoms with Crippen LogP contribution in [0.2, 0.25) is 5.02 Å². The Morgan fingerprint density at radius 3 is 2.52 bits per heavy atom. The van der Waals surface area contributed by atoms with Crippen LogP contribution in [0.1, 0.15) is 42.0 Å². The number of nitrogens with zero attached hydrogens (tertiary/aromatic N) is 1. The number of halogens is 1. The second-order valence-electron chi connectivity index (χ2n) is 5.76. The molecule has 0 spiro atoms. The van der Waals surface area contributed by atoms with Gasteiger partial charge in [-0.2, -0.15) is 5.26 Å². The Labute approximate surface area is 143 Å². The SMILES string of the molecule is COc1cc(C)c(C=C(C#N)c2ccccc2Cl)cc1C(C)C. The van der Waals surface area contributed by atoms with Crippen molar-refractivity contribution >= 4 is 23.3 Å². The van der Waals surface area contributed by atoms with E-state index in [1.165, 1.54) is 0 Å². The summed E-state index contributed by atoms with van der Waals surface area (Å²) in [7, 11) is 1.68. The molecule has 0 radical (unpaired) electrons. The standard InChI is InChI=1S/C20H20ClNO/c1-13(2)18-11-15(14(3)9-20(18)23-4)10-16(12-22)17-7-5-6-8-19(17)21/h5-11,13H,1-4H3. The van der Waals surface area contributed by atoms with Gasteiger partial charge in [0.1, 0.15) is 5.75 Å². The van der Waals surface area contributed by atoms with Crippen LogP contribution in [0, 0.1) is 18.3 Å². The van der Waals surface area contributed by atoms with Gasteiger partial charge < -0.3 is 4.74 Å². The molecule has 0 amide bonds. The number of hydrogen-bond donors (Lipinski definition) is 0. The van der Waals surface area contributed by atoms with Gasteiger partial charge in [-0.15, -0.1) is 0 Å². The van der Waals surface area contributed by atoms with E-state index in [2.05, 4.69) is 26.0 Å². The average molecular weight is 326 g/mol. The molecule has 0 atom stereocenters. The molecular weight excluding hydrogens is 306 g/mol. The van der Waals surface area contributed by atoms with E-state index >= 15 is 0 Å². The van der Waals surface area contributed by atoms with Gasteiger partial charge in [0.2, 0.25) is 0 Å². The van der Waals surface area contributed by atoms with Crippen molar-refractivity contribution in [1.82, 2.24) is 0 Å². The van der Waals surface area contributed by atoms with Gasteiger partial charge in [0.15, 0.2) is 0 Å². The van der Waals surface area contributed by atoms with Crippen LogP contribution >= 0.6 is 11.6 Å². The molecule has 0 fully saturated rings. The molecule has 0 unspecified atom stereocenters. The Hall–Kier alpha value is -2.24. The van der Waals surface area contributed by atoms with E-state index in [0.29, 0.717) is 16.5 Å². The molecule has 118 valence electrons. The first-order valence-corrected chi connectivity index (χ1v) is 7.91. The van der Waals surface area contributed by atoms with Crippen molar-refractivity contribution in [2.75, 3.05) is 7.11 Å². The van der Waals surface area contributed by atoms with Crippen molar-refractivity contribution < 1.29 is 4.74 Å². The predicted molar refractivity (Wildman–Crippen MR) is 96.8 cm³/mol. The monoisotopic (exact) mass is 325 g/mol. The number of hydrogen-bond acceptors (Lipinski definition) is 2. The third kappa shape index (κ3) is 3.75. The summed E-state index contributed by atoms with van der Waals surface area (Å²) in [4.78, 5) is 0. The Balaban J connectivity index is 2.59. The fourth-order valence-corrected chi connectivity index (χ4v) is 2.74. The molecule has 0 aliphatic carbocycles. The van der Waals surface area contributed by atoms with Crippen molar-refractivity contribution in [2.24, 2.45) is 0 Å². The van der Waals surface area contributed by atoms with Gasteiger partial charge in [-0.05, 0) is 53.8 Å². The fourth-order valence-electron chi connectivity index (χ4n) is 2.50. The predicted octanol–water partition coefficient (Wildman–Crippen LogP) is 5.84. The summed E-state index contributed by atoms with van der Waals surface area (Å²) in [6.07, 6.45) is 1.89. The number of benzene rings is 2. The molecule has 2 aromatic carbocycles. The van der Waals surface area contributed by atoms with Crippen molar-refractivity contribution in [3.8, 4) is 11.8 Å². The first kappa shape index (κ1) is 17.1. The number of methoxy groups -OCH3 is 1. The van der Waals surface area contributed by atoms with Crippen LogP contribution in [0.15, 0.2) is 36.4 Å². The molecule has 0 aliphatic rings. The van der Waals surface area contributed by atoms with E-state index < -0.39 is 0 Å². The molecule has 0 heterocycles. The van der Waals surface area contributed by atoms with Crippen molar-refractivity contribution in [1.29, 1.82) is 5.26 Å². The van der Waals surface area contributed by atoms with Crippen molar-refractivity contribution in [3.05, 3.63) is 63.7 Å². The normalized spacial score (nSPS) is 11.4. The maximum Gasteiger partial charge on any atom is 0.122 e. The highest BCUT2D eigenvalue weighted by atomic mass is 35.5. The molecular formula is C20H20ClNO. The van der Waals surface area contributed by atoms with E-state index in [0.717, 1.165) is 28.0 Å². The minimum Gasteiger partial charge on any atom is -0.496 e. The van der Waals surface area contributed by atoms with Crippen LogP contribution in [0.5, 0.6) is 5.75 Å². The van der Waals surface area contributed by atoms with Crippen LogP contribution in [0.25, 0.3) is 11.6 Å². The molecule has 0 N–H and O–H groups in total. The Morgan fingerprint density at radius 2 is 1.96 bits per heavy atom. The van der Waals surface area contributed by atoms with Crippen LogP contribution in [0.4, 0.5) is 0 Å². The molecule has 0 bridgehead atoms. The van der Waals surface area contributed by atoms with E-state index in [-0.39, 0.29) is 0 Å². The molecule has 0 aromatic heterocycles. The Kier molecular flexibility index (Phi) is 5.47. The maximum atomic E-state index is 9.53. The number of ether oxygens (including phenoxy) is 1. The van der Waals surface area contributed by atoms with Gasteiger partial charge in [0.05, 0.1) is 18.8 Å². The lowest BCUT2D eigenvalue weighted by atomic mass is 9.94. The van der Waals surface area contributed by atoms with Gasteiger partial charge in [-0.1, -0.05) is 43.6 Å². The van der Waals surface area contributed by atoms with Gasteiger partial charge >= 0.3 is 0 Å². The summed E-state index contributed by atoms with van der Waals surface area (Å²) in [6, 6.07) is 13.8. The van der Waals surface area contributed by atoms with Gasteiger partial charge in [-0.3, -0.25) is 0 Å². The lowest BCUT2D eigenvalue weighted by Crippen LogP contribution is -1.97. The van der Waals surface area contributed by atoms with E-state index in [1.807, 2.05) is 37.3 Å². The first-order valence-electron chi connectivity index (χ1n) is 7.53. The molecule has 0 saturated carbocycles. The molecule has 2 aromatic rings. The molecule has 23 heavy (non-hydrogen) atoms. The largest absolute Gasteiger partial charge is 0.496 e. The first-order chi connectivity index (χ1) is 11.0. The van der Waals surface area contributed by atoms with Crippen LogP contribution in [0.3, 0.4) is 0 Å². The van der Waals surface area contributed by atoms with E-state index in [9.17, 15) is 5.26 Å². The molecule has 2 rings (SSSR count).